The van der Waals surface area contributed by atoms with Crippen molar-refractivity contribution in [2.45, 2.75) is 19.6 Å². The van der Waals surface area contributed by atoms with Gasteiger partial charge in [-0.1, -0.05) is 37.8 Å². The smallest absolute Gasteiger partial charge is 0.0928 e. The first kappa shape index (κ1) is 9.34. The highest BCUT2D eigenvalue weighted by molar-refractivity contribution is 6.90. The maximum atomic E-state index is 4.13. The van der Waals surface area contributed by atoms with Crippen molar-refractivity contribution in [1.82, 2.24) is 10.2 Å². The number of hydrogen-bond donors (Lipinski definition) is 0. The fraction of sp³-hybridized carbons (Fsp3) is 0.273. The van der Waals surface area contributed by atoms with Crippen LogP contribution in [0.15, 0.2) is 30.5 Å². The van der Waals surface area contributed by atoms with E-state index in [-0.39, 0.29) is 0 Å². The number of fused-ring (bicyclic) bond motifs is 1. The largest absolute Gasteiger partial charge is 0.159 e. The van der Waals surface area contributed by atoms with Gasteiger partial charge in [-0.25, -0.2) is 0 Å². The summed E-state index contributed by atoms with van der Waals surface area (Å²) in [5, 5.41) is 10.8. The predicted octanol–water partition coefficient (Wildman–Crippen LogP) is 2.17. The molecule has 1 heterocycles. The molecule has 2 aromatic rings. The molecule has 0 radical (unpaired) electrons. The second-order valence-corrected chi connectivity index (χ2v) is 9.56. The molecule has 14 heavy (non-hydrogen) atoms. The van der Waals surface area contributed by atoms with E-state index in [1.54, 1.807) is 0 Å². The Labute approximate surface area is 85.0 Å². The van der Waals surface area contributed by atoms with Crippen LogP contribution in [0.25, 0.3) is 10.9 Å². The highest BCUT2D eigenvalue weighted by Crippen LogP contribution is 2.11. The maximum Gasteiger partial charge on any atom is 0.0928 e. The molecule has 0 N–H and O–H groups in total. The minimum atomic E-state index is -1.30. The van der Waals surface area contributed by atoms with E-state index in [4.69, 9.17) is 0 Å². The molecule has 0 atom stereocenters. The molecule has 0 aliphatic heterocycles. The van der Waals surface area contributed by atoms with Gasteiger partial charge in [0, 0.05) is 11.6 Å². The standard InChI is InChI=1S/C11H14N2Si/c1-14(2,3)11-8-12-13-10-7-5-4-6-9(10)11/h4-8H,1-3H3. The molecular formula is C11H14N2Si. The van der Waals surface area contributed by atoms with Gasteiger partial charge in [-0.05, 0) is 11.3 Å². The van der Waals surface area contributed by atoms with Gasteiger partial charge in [0.1, 0.15) is 0 Å². The third-order valence-electron chi connectivity index (χ3n) is 2.35. The second-order valence-electron chi connectivity index (χ2n) is 4.53. The monoisotopic (exact) mass is 202 g/mol. The Hall–Kier alpha value is -1.22. The molecule has 3 heteroatoms. The van der Waals surface area contributed by atoms with Gasteiger partial charge in [0.25, 0.3) is 0 Å². The molecule has 1 aromatic heterocycles. The summed E-state index contributed by atoms with van der Waals surface area (Å²) in [6.07, 6.45) is 1.93. The van der Waals surface area contributed by atoms with Crippen LogP contribution in [0.3, 0.4) is 0 Å². The maximum absolute atomic E-state index is 4.13. The van der Waals surface area contributed by atoms with Gasteiger partial charge in [0.15, 0.2) is 0 Å². The Morgan fingerprint density at radius 1 is 1.07 bits per heavy atom. The Balaban J connectivity index is 2.78. The molecule has 0 aliphatic rings. The molecule has 0 saturated heterocycles. The molecule has 0 saturated carbocycles. The molecule has 2 nitrogen and oxygen atoms in total. The van der Waals surface area contributed by atoms with E-state index in [1.165, 1.54) is 10.6 Å². The van der Waals surface area contributed by atoms with Crippen LogP contribution < -0.4 is 5.19 Å². The van der Waals surface area contributed by atoms with Crippen LogP contribution in [0, 0.1) is 0 Å². The molecule has 0 amide bonds. The molecule has 0 bridgehead atoms. The number of benzene rings is 1. The van der Waals surface area contributed by atoms with E-state index in [0.717, 1.165) is 5.52 Å². The van der Waals surface area contributed by atoms with Crippen LogP contribution >= 0.6 is 0 Å². The van der Waals surface area contributed by atoms with Crippen LogP contribution in [-0.2, 0) is 0 Å². The van der Waals surface area contributed by atoms with Gasteiger partial charge in [0.05, 0.1) is 13.6 Å². The van der Waals surface area contributed by atoms with Crippen LogP contribution in [0.5, 0.6) is 0 Å². The minimum absolute atomic E-state index is 1.01. The summed E-state index contributed by atoms with van der Waals surface area (Å²) in [5.74, 6) is 0. The van der Waals surface area contributed by atoms with E-state index in [1.807, 2.05) is 18.3 Å². The Morgan fingerprint density at radius 2 is 1.79 bits per heavy atom. The zero-order chi connectivity index (χ0) is 10.2. The van der Waals surface area contributed by atoms with E-state index < -0.39 is 8.07 Å². The Morgan fingerprint density at radius 3 is 2.50 bits per heavy atom. The summed E-state index contributed by atoms with van der Waals surface area (Å²) in [6, 6.07) is 8.22. The molecule has 72 valence electrons. The second kappa shape index (κ2) is 3.17. The number of hydrogen-bond acceptors (Lipinski definition) is 2. The SMILES string of the molecule is C[Si](C)(C)c1cnnc2ccccc12. The molecule has 0 spiro atoms. The molecule has 2 rings (SSSR count). The predicted molar refractivity (Wildman–Crippen MR) is 62.5 cm³/mol. The van der Waals surface area contributed by atoms with Gasteiger partial charge in [-0.2, -0.15) is 10.2 Å². The lowest BCUT2D eigenvalue weighted by atomic mass is 10.2. The topological polar surface area (TPSA) is 25.8 Å². The van der Waals surface area contributed by atoms with Gasteiger partial charge in [0.2, 0.25) is 0 Å². The van der Waals surface area contributed by atoms with Gasteiger partial charge < -0.3 is 0 Å². The average molecular weight is 202 g/mol. The lowest BCUT2D eigenvalue weighted by molar-refractivity contribution is 1.08. The summed E-state index contributed by atoms with van der Waals surface area (Å²) in [7, 11) is -1.30. The first-order chi connectivity index (χ1) is 6.59. The van der Waals surface area contributed by atoms with Gasteiger partial charge >= 0.3 is 0 Å². The minimum Gasteiger partial charge on any atom is -0.159 e. The van der Waals surface area contributed by atoms with Crippen molar-refractivity contribution in [2.75, 3.05) is 0 Å². The lowest BCUT2D eigenvalue weighted by Crippen LogP contribution is -2.38. The van der Waals surface area contributed by atoms with Crippen molar-refractivity contribution in [1.29, 1.82) is 0 Å². The zero-order valence-electron chi connectivity index (χ0n) is 8.78. The molecule has 1 aromatic carbocycles. The third kappa shape index (κ3) is 1.55. The van der Waals surface area contributed by atoms with E-state index >= 15 is 0 Å². The van der Waals surface area contributed by atoms with E-state index in [2.05, 4.69) is 42.0 Å². The van der Waals surface area contributed by atoms with E-state index in [0.29, 0.717) is 0 Å². The Kier molecular flexibility index (Phi) is 2.11. The zero-order valence-corrected chi connectivity index (χ0v) is 9.78. The number of rotatable bonds is 1. The van der Waals surface area contributed by atoms with Gasteiger partial charge in [-0.3, -0.25) is 0 Å². The Bertz CT molecular complexity index is 455. The fourth-order valence-corrected chi connectivity index (χ4v) is 3.07. The first-order valence-electron chi connectivity index (χ1n) is 4.80. The summed E-state index contributed by atoms with van der Waals surface area (Å²) < 4.78 is 0. The third-order valence-corrected chi connectivity index (χ3v) is 4.37. The number of nitrogens with zero attached hydrogens (tertiary/aromatic N) is 2. The summed E-state index contributed by atoms with van der Waals surface area (Å²) in [5.41, 5.74) is 1.01. The molecular weight excluding hydrogens is 188 g/mol. The first-order valence-corrected chi connectivity index (χ1v) is 8.30. The highest BCUT2D eigenvalue weighted by Gasteiger charge is 2.19. The summed E-state index contributed by atoms with van der Waals surface area (Å²) >= 11 is 0. The molecule has 0 unspecified atom stereocenters. The van der Waals surface area contributed by atoms with Crippen molar-refractivity contribution in [3.8, 4) is 0 Å². The van der Waals surface area contributed by atoms with Crippen molar-refractivity contribution >= 4 is 24.2 Å². The van der Waals surface area contributed by atoms with Crippen LogP contribution in [0.4, 0.5) is 0 Å². The lowest BCUT2D eigenvalue weighted by Gasteiger charge is -2.17. The van der Waals surface area contributed by atoms with Crippen LogP contribution in [0.1, 0.15) is 0 Å². The van der Waals surface area contributed by atoms with Crippen molar-refractivity contribution in [2.24, 2.45) is 0 Å². The highest BCUT2D eigenvalue weighted by atomic mass is 28.3. The molecule has 0 aliphatic carbocycles. The van der Waals surface area contributed by atoms with Crippen LogP contribution in [-0.4, -0.2) is 18.3 Å². The molecule has 0 fully saturated rings. The van der Waals surface area contributed by atoms with Crippen molar-refractivity contribution < 1.29 is 0 Å². The van der Waals surface area contributed by atoms with Gasteiger partial charge in [-0.15, -0.1) is 0 Å². The average Bonchev–Trinajstić information content (AvgIpc) is 2.15. The summed E-state index contributed by atoms with van der Waals surface area (Å²) in [4.78, 5) is 0. The van der Waals surface area contributed by atoms with Crippen molar-refractivity contribution in [3.05, 3.63) is 30.5 Å². The quantitative estimate of drug-likeness (QED) is 0.662. The van der Waals surface area contributed by atoms with Crippen LogP contribution in [0.2, 0.25) is 19.6 Å². The van der Waals surface area contributed by atoms with Crippen molar-refractivity contribution in [3.63, 3.8) is 0 Å². The van der Waals surface area contributed by atoms with E-state index in [9.17, 15) is 0 Å². The normalized spacial score (nSPS) is 11.9. The number of aromatic nitrogens is 2. The fourth-order valence-electron chi connectivity index (χ4n) is 1.60. The summed E-state index contributed by atoms with van der Waals surface area (Å²) in [6.45, 7) is 6.99.